The van der Waals surface area contributed by atoms with Crippen LogP contribution in [0.15, 0.2) is 42.5 Å². The van der Waals surface area contributed by atoms with Gasteiger partial charge >= 0.3 is 0 Å². The summed E-state index contributed by atoms with van der Waals surface area (Å²) in [6, 6.07) is 14.1. The van der Waals surface area contributed by atoms with E-state index in [1.54, 1.807) is 7.11 Å². The first-order valence-corrected chi connectivity index (χ1v) is 13.1. The SMILES string of the molecule is COc1ccc([C@H](C)NC(=O)c2ccc3c(c2)N(C(=O)CN[C@@H](C)C(C)C)C(C)CN3C2CC2)cc1. The largest absolute Gasteiger partial charge is 0.497 e. The number of carbonyl (C=O) groups excluding carboxylic acids is 2. The monoisotopic (exact) mass is 492 g/mol. The Morgan fingerprint density at radius 2 is 1.72 bits per heavy atom. The van der Waals surface area contributed by atoms with E-state index in [1.165, 1.54) is 12.8 Å². The number of anilines is 2. The first-order valence-electron chi connectivity index (χ1n) is 13.1. The van der Waals surface area contributed by atoms with Crippen LogP contribution in [0.4, 0.5) is 11.4 Å². The number of carbonyl (C=O) groups is 2. The molecule has 2 aromatic carbocycles. The number of ether oxygens (including phenoxy) is 1. The van der Waals surface area contributed by atoms with Crippen molar-refractivity contribution >= 4 is 23.2 Å². The van der Waals surface area contributed by atoms with Gasteiger partial charge < -0.3 is 25.2 Å². The summed E-state index contributed by atoms with van der Waals surface area (Å²) in [6.45, 7) is 11.5. The standard InChI is InChI=1S/C29H40N4O3/c1-18(2)20(4)30-16-28(34)33-19(3)17-32(24-10-11-24)26-14-9-23(15-27(26)33)29(35)31-21(5)22-7-12-25(36-6)13-8-22/h7-9,12-15,18-21,24,30H,10-11,16-17H2,1-6H3,(H,31,35)/t19?,20-,21-/m0/s1. The maximum Gasteiger partial charge on any atom is 0.251 e. The summed E-state index contributed by atoms with van der Waals surface area (Å²) in [5.41, 5.74) is 3.42. The van der Waals surface area contributed by atoms with Gasteiger partial charge in [0.25, 0.3) is 5.91 Å². The molecule has 3 atom stereocenters. The molecule has 2 aromatic rings. The zero-order chi connectivity index (χ0) is 26.0. The van der Waals surface area contributed by atoms with Gasteiger partial charge in [-0.15, -0.1) is 0 Å². The molecule has 0 aromatic heterocycles. The third-order valence-electron chi connectivity index (χ3n) is 7.50. The Kier molecular flexibility index (Phi) is 7.88. The number of nitrogens with one attached hydrogen (secondary N) is 2. The van der Waals surface area contributed by atoms with Crippen LogP contribution in [0, 0.1) is 5.92 Å². The Morgan fingerprint density at radius 3 is 2.33 bits per heavy atom. The summed E-state index contributed by atoms with van der Waals surface area (Å²) < 4.78 is 5.23. The minimum absolute atomic E-state index is 0.0262. The van der Waals surface area contributed by atoms with Gasteiger partial charge in [0.1, 0.15) is 5.75 Å². The van der Waals surface area contributed by atoms with Gasteiger partial charge in [0.05, 0.1) is 37.1 Å². The predicted octanol–water partition coefficient (Wildman–Crippen LogP) is 4.52. The molecule has 0 bridgehead atoms. The summed E-state index contributed by atoms with van der Waals surface area (Å²) in [5, 5.41) is 6.48. The van der Waals surface area contributed by atoms with Crippen LogP contribution < -0.4 is 25.2 Å². The number of hydrogen-bond donors (Lipinski definition) is 2. The van der Waals surface area contributed by atoms with Crippen LogP contribution in [-0.2, 0) is 4.79 Å². The molecule has 1 heterocycles. The van der Waals surface area contributed by atoms with Crippen molar-refractivity contribution in [2.75, 3.05) is 30.0 Å². The molecular formula is C29H40N4O3. The van der Waals surface area contributed by atoms with Crippen molar-refractivity contribution < 1.29 is 14.3 Å². The number of amides is 2. The molecule has 7 nitrogen and oxygen atoms in total. The van der Waals surface area contributed by atoms with Crippen LogP contribution in [0.25, 0.3) is 0 Å². The van der Waals surface area contributed by atoms with Gasteiger partial charge in [-0.05, 0) is 75.4 Å². The van der Waals surface area contributed by atoms with Crippen LogP contribution in [0.5, 0.6) is 5.75 Å². The minimum atomic E-state index is -0.166. The van der Waals surface area contributed by atoms with E-state index in [9.17, 15) is 9.59 Å². The van der Waals surface area contributed by atoms with Crippen molar-refractivity contribution in [3.63, 3.8) is 0 Å². The fourth-order valence-corrected chi connectivity index (χ4v) is 4.74. The van der Waals surface area contributed by atoms with Crippen molar-refractivity contribution in [3.05, 3.63) is 53.6 Å². The van der Waals surface area contributed by atoms with E-state index in [0.29, 0.717) is 17.5 Å². The lowest BCUT2D eigenvalue weighted by Gasteiger charge is -2.43. The van der Waals surface area contributed by atoms with Crippen molar-refractivity contribution in [1.82, 2.24) is 10.6 Å². The third-order valence-corrected chi connectivity index (χ3v) is 7.50. The predicted molar refractivity (Wildman–Crippen MR) is 145 cm³/mol. The fraction of sp³-hybridized carbons (Fsp3) is 0.517. The van der Waals surface area contributed by atoms with Crippen molar-refractivity contribution in [3.8, 4) is 5.75 Å². The van der Waals surface area contributed by atoms with E-state index >= 15 is 0 Å². The number of nitrogens with zero attached hydrogens (tertiary/aromatic N) is 2. The normalized spacial score (nSPS) is 19.0. The molecule has 1 unspecified atom stereocenters. The molecule has 0 spiro atoms. The minimum Gasteiger partial charge on any atom is -0.497 e. The average Bonchev–Trinajstić information content (AvgIpc) is 3.71. The van der Waals surface area contributed by atoms with Gasteiger partial charge in [-0.25, -0.2) is 0 Å². The highest BCUT2D eigenvalue weighted by Gasteiger charge is 2.39. The van der Waals surface area contributed by atoms with Gasteiger partial charge in [-0.1, -0.05) is 26.0 Å². The summed E-state index contributed by atoms with van der Waals surface area (Å²) in [5.74, 6) is 1.10. The Morgan fingerprint density at radius 1 is 1.03 bits per heavy atom. The highest BCUT2D eigenvalue weighted by atomic mass is 16.5. The van der Waals surface area contributed by atoms with Gasteiger partial charge in [0.15, 0.2) is 0 Å². The molecule has 7 heteroatoms. The van der Waals surface area contributed by atoms with E-state index in [2.05, 4.69) is 43.2 Å². The van der Waals surface area contributed by atoms with Crippen LogP contribution in [0.3, 0.4) is 0 Å². The highest BCUT2D eigenvalue weighted by molar-refractivity contribution is 6.03. The number of benzene rings is 2. The summed E-state index contributed by atoms with van der Waals surface area (Å²) in [7, 11) is 1.64. The number of methoxy groups -OCH3 is 1. The second-order valence-corrected chi connectivity index (χ2v) is 10.6. The van der Waals surface area contributed by atoms with Crippen LogP contribution in [0.1, 0.15) is 69.4 Å². The number of hydrogen-bond acceptors (Lipinski definition) is 5. The molecule has 2 aliphatic rings. The zero-order valence-corrected chi connectivity index (χ0v) is 22.4. The smallest absolute Gasteiger partial charge is 0.251 e. The molecule has 1 aliphatic carbocycles. The highest BCUT2D eigenvalue weighted by Crippen LogP contribution is 2.42. The van der Waals surface area contributed by atoms with E-state index < -0.39 is 0 Å². The molecule has 194 valence electrons. The topological polar surface area (TPSA) is 73.9 Å². The lowest BCUT2D eigenvalue weighted by Crippen LogP contribution is -2.53. The summed E-state index contributed by atoms with van der Waals surface area (Å²) >= 11 is 0. The maximum absolute atomic E-state index is 13.4. The first-order chi connectivity index (χ1) is 17.2. The van der Waals surface area contributed by atoms with Gasteiger partial charge in [-0.3, -0.25) is 9.59 Å². The number of rotatable bonds is 9. The van der Waals surface area contributed by atoms with Crippen molar-refractivity contribution in [2.45, 2.75) is 71.6 Å². The van der Waals surface area contributed by atoms with E-state index in [1.807, 2.05) is 54.3 Å². The first kappa shape index (κ1) is 26.0. The van der Waals surface area contributed by atoms with Crippen molar-refractivity contribution in [2.24, 2.45) is 5.92 Å². The lowest BCUT2D eigenvalue weighted by molar-refractivity contribution is -0.118. The summed E-state index contributed by atoms with van der Waals surface area (Å²) in [6.07, 6.45) is 2.35. The van der Waals surface area contributed by atoms with Crippen LogP contribution in [-0.4, -0.2) is 50.1 Å². The molecule has 2 amide bonds. The Hall–Kier alpha value is -3.06. The third kappa shape index (κ3) is 5.67. The average molecular weight is 493 g/mol. The van der Waals surface area contributed by atoms with Crippen LogP contribution in [0.2, 0.25) is 0 Å². The van der Waals surface area contributed by atoms with E-state index in [0.717, 1.165) is 29.2 Å². The number of fused-ring (bicyclic) bond motifs is 1. The molecule has 36 heavy (non-hydrogen) atoms. The molecule has 1 aliphatic heterocycles. The lowest BCUT2D eigenvalue weighted by atomic mass is 10.0. The van der Waals surface area contributed by atoms with Gasteiger partial charge in [-0.2, -0.15) is 0 Å². The quantitative estimate of drug-likeness (QED) is 0.538. The molecule has 1 fully saturated rings. The fourth-order valence-electron chi connectivity index (χ4n) is 4.74. The molecule has 0 radical (unpaired) electrons. The second kappa shape index (κ2) is 10.9. The Labute approximate surface area is 215 Å². The molecular weight excluding hydrogens is 452 g/mol. The zero-order valence-electron chi connectivity index (χ0n) is 22.4. The molecule has 1 saturated carbocycles. The van der Waals surface area contributed by atoms with Crippen LogP contribution >= 0.6 is 0 Å². The van der Waals surface area contributed by atoms with Gasteiger partial charge in [0.2, 0.25) is 5.91 Å². The van der Waals surface area contributed by atoms with Crippen molar-refractivity contribution in [1.29, 1.82) is 0 Å². The Balaban J connectivity index is 1.56. The van der Waals surface area contributed by atoms with E-state index in [-0.39, 0.29) is 36.5 Å². The Bertz CT molecular complexity index is 1080. The summed E-state index contributed by atoms with van der Waals surface area (Å²) in [4.78, 5) is 31.0. The molecule has 2 N–H and O–H groups in total. The van der Waals surface area contributed by atoms with E-state index in [4.69, 9.17) is 4.74 Å². The maximum atomic E-state index is 13.4. The molecule has 0 saturated heterocycles. The second-order valence-electron chi connectivity index (χ2n) is 10.6. The van der Waals surface area contributed by atoms with Gasteiger partial charge in [0, 0.05) is 24.2 Å². The molecule has 4 rings (SSSR count).